The molecule has 0 atom stereocenters. The molecule has 0 saturated heterocycles. The highest BCUT2D eigenvalue weighted by atomic mass is 16.3. The smallest absolute Gasteiger partial charge is 0.238 e. The van der Waals surface area contributed by atoms with E-state index in [2.05, 4.69) is 65.6 Å². The van der Waals surface area contributed by atoms with Crippen LogP contribution in [0.1, 0.15) is 102 Å². The van der Waals surface area contributed by atoms with Crippen LogP contribution in [0.2, 0.25) is 0 Å². The summed E-state index contributed by atoms with van der Waals surface area (Å²) in [7, 11) is 0. The van der Waals surface area contributed by atoms with E-state index in [4.69, 9.17) is 0 Å². The van der Waals surface area contributed by atoms with Crippen LogP contribution < -0.4 is 10.9 Å². The Morgan fingerprint density at radius 1 is 0.684 bits per heavy atom. The van der Waals surface area contributed by atoms with Gasteiger partial charge in [-0.1, -0.05) is 66.8 Å². The van der Waals surface area contributed by atoms with Gasteiger partial charge in [0.15, 0.2) is 0 Å². The SMILES string of the molecule is C=C(C)c1cc(CCC(=O)NNC(=O)CCc2cc(C(C)(C)C)c(O)c(C(C)(C)C)c2)cc(C(=C)C)c1O. The molecule has 206 valence electrons. The molecule has 0 aliphatic rings. The highest BCUT2D eigenvalue weighted by Crippen LogP contribution is 2.40. The van der Waals surface area contributed by atoms with Gasteiger partial charge in [-0.15, -0.1) is 0 Å². The van der Waals surface area contributed by atoms with Crippen molar-refractivity contribution in [3.05, 3.63) is 70.8 Å². The minimum atomic E-state index is -0.310. The van der Waals surface area contributed by atoms with E-state index in [1.165, 1.54) is 0 Å². The lowest BCUT2D eigenvalue weighted by molar-refractivity contribution is -0.128. The van der Waals surface area contributed by atoms with Gasteiger partial charge in [-0.3, -0.25) is 20.4 Å². The van der Waals surface area contributed by atoms with Crippen molar-refractivity contribution in [2.45, 2.75) is 91.9 Å². The molecule has 0 bridgehead atoms. The number of hydrogen-bond acceptors (Lipinski definition) is 4. The van der Waals surface area contributed by atoms with Crippen LogP contribution in [-0.2, 0) is 33.3 Å². The number of carbonyl (C=O) groups excluding carboxylic acids is 2. The molecule has 0 fully saturated rings. The van der Waals surface area contributed by atoms with E-state index < -0.39 is 0 Å². The fourth-order valence-corrected chi connectivity index (χ4v) is 4.25. The summed E-state index contributed by atoms with van der Waals surface area (Å²) in [5.74, 6) is -0.150. The van der Waals surface area contributed by atoms with Crippen molar-refractivity contribution in [3.8, 4) is 11.5 Å². The molecule has 0 aliphatic carbocycles. The number of hydrogen-bond donors (Lipinski definition) is 4. The molecule has 2 amide bonds. The molecule has 2 aromatic carbocycles. The number of nitrogens with one attached hydrogen (secondary N) is 2. The van der Waals surface area contributed by atoms with Crippen LogP contribution >= 0.6 is 0 Å². The molecule has 0 unspecified atom stereocenters. The van der Waals surface area contributed by atoms with E-state index in [0.717, 1.165) is 33.4 Å². The van der Waals surface area contributed by atoms with Crippen LogP contribution in [0, 0.1) is 0 Å². The first-order chi connectivity index (χ1) is 17.4. The number of carbonyl (C=O) groups is 2. The van der Waals surface area contributed by atoms with Gasteiger partial charge in [-0.05, 0) is 83.1 Å². The molecule has 0 spiro atoms. The highest BCUT2D eigenvalue weighted by molar-refractivity contribution is 5.82. The summed E-state index contributed by atoms with van der Waals surface area (Å²) < 4.78 is 0. The number of benzene rings is 2. The Hall–Kier alpha value is -3.54. The molecule has 2 rings (SSSR count). The third-order valence-corrected chi connectivity index (χ3v) is 6.50. The van der Waals surface area contributed by atoms with Crippen molar-refractivity contribution in [3.63, 3.8) is 0 Å². The molecule has 0 saturated carbocycles. The fraction of sp³-hybridized carbons (Fsp3) is 0.438. The second-order valence-corrected chi connectivity index (χ2v) is 12.2. The van der Waals surface area contributed by atoms with Crippen LogP contribution in [0.3, 0.4) is 0 Å². The molecule has 4 N–H and O–H groups in total. The number of amides is 2. The molecular weight excluding hydrogens is 476 g/mol. The van der Waals surface area contributed by atoms with E-state index >= 15 is 0 Å². The van der Waals surface area contributed by atoms with Gasteiger partial charge < -0.3 is 10.2 Å². The van der Waals surface area contributed by atoms with Crippen LogP contribution in [0.5, 0.6) is 11.5 Å². The molecule has 38 heavy (non-hydrogen) atoms. The van der Waals surface area contributed by atoms with Crippen molar-refractivity contribution in [2.75, 3.05) is 0 Å². The quantitative estimate of drug-likeness (QED) is 0.300. The Labute approximate surface area is 227 Å². The molecule has 0 aliphatic heterocycles. The molecular formula is C32H44N2O4. The molecule has 6 nitrogen and oxygen atoms in total. The van der Waals surface area contributed by atoms with Gasteiger partial charge in [-0.2, -0.15) is 0 Å². The number of rotatable bonds is 8. The lowest BCUT2D eigenvalue weighted by Gasteiger charge is -2.28. The highest BCUT2D eigenvalue weighted by Gasteiger charge is 2.26. The van der Waals surface area contributed by atoms with E-state index in [-0.39, 0.29) is 41.2 Å². The molecule has 6 heteroatoms. The van der Waals surface area contributed by atoms with E-state index in [1.54, 1.807) is 0 Å². The number of phenolic OH excluding ortho intramolecular Hbond substituents is 2. The first-order valence-corrected chi connectivity index (χ1v) is 13.0. The van der Waals surface area contributed by atoms with Gasteiger partial charge >= 0.3 is 0 Å². The summed E-state index contributed by atoms with van der Waals surface area (Å²) >= 11 is 0. The van der Waals surface area contributed by atoms with Crippen LogP contribution in [0.25, 0.3) is 11.1 Å². The predicted molar refractivity (Wildman–Crippen MR) is 156 cm³/mol. The lowest BCUT2D eigenvalue weighted by Crippen LogP contribution is -2.41. The van der Waals surface area contributed by atoms with Crippen molar-refractivity contribution >= 4 is 23.0 Å². The molecule has 0 radical (unpaired) electrons. The third-order valence-electron chi connectivity index (χ3n) is 6.50. The minimum Gasteiger partial charge on any atom is -0.507 e. The fourth-order valence-electron chi connectivity index (χ4n) is 4.25. The first-order valence-electron chi connectivity index (χ1n) is 13.0. The third kappa shape index (κ3) is 7.98. The average Bonchev–Trinajstić information content (AvgIpc) is 2.79. The first kappa shape index (κ1) is 30.7. The summed E-state index contributed by atoms with van der Waals surface area (Å²) in [6.45, 7) is 23.8. The van der Waals surface area contributed by atoms with E-state index in [0.29, 0.717) is 29.7 Å². The zero-order chi connectivity index (χ0) is 29.0. The van der Waals surface area contributed by atoms with Gasteiger partial charge in [-0.25, -0.2) is 0 Å². The van der Waals surface area contributed by atoms with Gasteiger partial charge in [0.25, 0.3) is 0 Å². The maximum atomic E-state index is 12.5. The zero-order valence-electron chi connectivity index (χ0n) is 24.3. The Morgan fingerprint density at radius 3 is 1.34 bits per heavy atom. The van der Waals surface area contributed by atoms with Crippen LogP contribution in [-0.4, -0.2) is 22.0 Å². The molecule has 0 heterocycles. The van der Waals surface area contributed by atoms with Crippen LogP contribution in [0.4, 0.5) is 0 Å². The number of phenols is 2. The topological polar surface area (TPSA) is 98.7 Å². The summed E-state index contributed by atoms with van der Waals surface area (Å²) in [5.41, 5.74) is 10.8. The summed E-state index contributed by atoms with van der Waals surface area (Å²) in [4.78, 5) is 24.9. The standard InChI is InChI=1S/C32H44N2O4/c1-19(2)23-15-21(16-24(20(3)4)29(23)37)11-13-27(35)33-34-28(36)14-12-22-17-25(31(5,6)7)30(38)26(18-22)32(8,9)10/h15-18,37-38H,1,3,11-14H2,2,4-10H3,(H,33,35)(H,34,36). The average molecular weight is 521 g/mol. The molecule has 2 aromatic rings. The second kappa shape index (κ2) is 11.9. The second-order valence-electron chi connectivity index (χ2n) is 12.2. The van der Waals surface area contributed by atoms with E-state index in [1.807, 2.05) is 38.1 Å². The summed E-state index contributed by atoms with van der Waals surface area (Å²) in [5, 5.41) is 21.4. The maximum Gasteiger partial charge on any atom is 0.238 e. The Morgan fingerprint density at radius 2 is 1.03 bits per heavy atom. The molecule has 0 aromatic heterocycles. The minimum absolute atomic E-state index is 0.142. The number of aromatic hydroxyl groups is 2. The van der Waals surface area contributed by atoms with Gasteiger partial charge in [0.2, 0.25) is 11.8 Å². The summed E-state index contributed by atoms with van der Waals surface area (Å²) in [6.07, 6.45) is 1.27. The lowest BCUT2D eigenvalue weighted by atomic mass is 9.78. The van der Waals surface area contributed by atoms with Gasteiger partial charge in [0, 0.05) is 24.0 Å². The Bertz CT molecular complexity index is 1170. The largest absolute Gasteiger partial charge is 0.507 e. The number of aryl methyl sites for hydroxylation is 2. The number of hydrazine groups is 1. The Kier molecular flexibility index (Phi) is 9.60. The van der Waals surface area contributed by atoms with Crippen molar-refractivity contribution in [1.82, 2.24) is 10.9 Å². The zero-order valence-corrected chi connectivity index (χ0v) is 24.3. The van der Waals surface area contributed by atoms with Crippen LogP contribution in [0.15, 0.2) is 37.4 Å². The summed E-state index contributed by atoms with van der Waals surface area (Å²) in [6, 6.07) is 7.58. The van der Waals surface area contributed by atoms with Crippen molar-refractivity contribution in [1.29, 1.82) is 0 Å². The normalized spacial score (nSPS) is 11.7. The Balaban J connectivity index is 2.00. The van der Waals surface area contributed by atoms with Gasteiger partial charge in [0.1, 0.15) is 11.5 Å². The monoisotopic (exact) mass is 520 g/mol. The maximum absolute atomic E-state index is 12.5. The van der Waals surface area contributed by atoms with Crippen molar-refractivity contribution < 1.29 is 19.8 Å². The number of allylic oxidation sites excluding steroid dienone is 2. The predicted octanol–water partition coefficient (Wildman–Crippen LogP) is 6.47. The van der Waals surface area contributed by atoms with E-state index in [9.17, 15) is 19.8 Å². The van der Waals surface area contributed by atoms with Gasteiger partial charge in [0.05, 0.1) is 0 Å². The van der Waals surface area contributed by atoms with Crippen molar-refractivity contribution in [2.24, 2.45) is 0 Å².